The Labute approximate surface area is 113 Å². The number of hydrogen-bond donors (Lipinski definition) is 0. The lowest BCUT2D eigenvalue weighted by molar-refractivity contribution is -0.291. The molecule has 19 heavy (non-hydrogen) atoms. The highest BCUT2D eigenvalue weighted by molar-refractivity contribution is 5.78. The SMILES string of the molecule is CC1(C)CC(C)(C)[C@]2(C=Nc3ccccc3O2)N1[O]. The molecule has 1 spiro atoms. The lowest BCUT2D eigenvalue weighted by Gasteiger charge is -2.42. The molecule has 4 heteroatoms. The predicted octanol–water partition coefficient (Wildman–Crippen LogP) is 3.33. The first-order chi connectivity index (χ1) is 8.79. The van der Waals surface area contributed by atoms with Crippen molar-refractivity contribution in [1.82, 2.24) is 5.06 Å². The van der Waals surface area contributed by atoms with Crippen molar-refractivity contribution in [3.05, 3.63) is 24.3 Å². The monoisotopic (exact) mass is 259 g/mol. The lowest BCUT2D eigenvalue weighted by atomic mass is 9.79. The summed E-state index contributed by atoms with van der Waals surface area (Å²) in [6, 6.07) is 7.57. The van der Waals surface area contributed by atoms with Gasteiger partial charge in [0, 0.05) is 11.0 Å². The number of fused-ring (bicyclic) bond motifs is 1. The number of rotatable bonds is 0. The van der Waals surface area contributed by atoms with E-state index in [1.807, 2.05) is 38.1 Å². The van der Waals surface area contributed by atoms with Gasteiger partial charge >= 0.3 is 0 Å². The van der Waals surface area contributed by atoms with Crippen molar-refractivity contribution in [2.75, 3.05) is 0 Å². The molecule has 101 valence electrons. The minimum atomic E-state index is -1.01. The Balaban J connectivity index is 2.11. The van der Waals surface area contributed by atoms with Gasteiger partial charge in [-0.25, -0.2) is 0 Å². The standard InChI is InChI=1S/C15H19N2O2/c1-13(2)9-14(3,4)17(18)15(13)10-16-11-7-5-6-8-12(11)19-15/h5-8,10H,9H2,1-4H3/t15-/m1/s1. The molecule has 1 aromatic carbocycles. The predicted molar refractivity (Wildman–Crippen MR) is 73.0 cm³/mol. The molecule has 1 fully saturated rings. The van der Waals surface area contributed by atoms with E-state index in [2.05, 4.69) is 18.8 Å². The van der Waals surface area contributed by atoms with E-state index in [1.54, 1.807) is 6.21 Å². The van der Waals surface area contributed by atoms with Gasteiger partial charge in [0.2, 0.25) is 5.72 Å². The maximum absolute atomic E-state index is 12.7. The summed E-state index contributed by atoms with van der Waals surface area (Å²) in [5, 5.41) is 13.8. The van der Waals surface area contributed by atoms with E-state index in [9.17, 15) is 5.21 Å². The number of nitrogens with zero attached hydrogens (tertiary/aromatic N) is 2. The van der Waals surface area contributed by atoms with Crippen LogP contribution >= 0.6 is 0 Å². The summed E-state index contributed by atoms with van der Waals surface area (Å²) in [7, 11) is 0. The Kier molecular flexibility index (Phi) is 2.38. The van der Waals surface area contributed by atoms with Crippen molar-refractivity contribution in [3.8, 4) is 5.75 Å². The molecule has 1 atom stereocenters. The second-order valence-electron chi connectivity index (χ2n) is 6.69. The summed E-state index contributed by atoms with van der Waals surface area (Å²) < 4.78 is 6.11. The number of benzene rings is 1. The molecule has 0 aliphatic carbocycles. The zero-order chi connectivity index (χ0) is 13.9. The molecule has 0 amide bonds. The van der Waals surface area contributed by atoms with Crippen LogP contribution in [-0.4, -0.2) is 22.5 Å². The fourth-order valence-electron chi connectivity index (χ4n) is 3.41. The maximum atomic E-state index is 12.7. The Morgan fingerprint density at radius 2 is 1.89 bits per heavy atom. The van der Waals surface area contributed by atoms with Gasteiger partial charge in [0.1, 0.15) is 11.4 Å². The Hall–Kier alpha value is -1.39. The van der Waals surface area contributed by atoms with Crippen molar-refractivity contribution in [3.63, 3.8) is 0 Å². The Morgan fingerprint density at radius 3 is 2.53 bits per heavy atom. The molecular weight excluding hydrogens is 240 g/mol. The summed E-state index contributed by atoms with van der Waals surface area (Å²) in [5.41, 5.74) is -0.982. The molecule has 2 aliphatic rings. The summed E-state index contributed by atoms with van der Waals surface area (Å²) in [6.07, 6.45) is 2.44. The van der Waals surface area contributed by atoms with Crippen LogP contribution in [0.5, 0.6) is 5.75 Å². The highest BCUT2D eigenvalue weighted by atomic mass is 16.6. The van der Waals surface area contributed by atoms with Crippen molar-refractivity contribution in [2.45, 2.75) is 45.4 Å². The largest absolute Gasteiger partial charge is 0.462 e. The minimum absolute atomic E-state index is 0.296. The van der Waals surface area contributed by atoms with Crippen molar-refractivity contribution in [2.24, 2.45) is 10.4 Å². The van der Waals surface area contributed by atoms with Crippen molar-refractivity contribution >= 4 is 11.9 Å². The molecule has 1 saturated heterocycles. The van der Waals surface area contributed by atoms with Crippen LogP contribution in [0.3, 0.4) is 0 Å². The molecular formula is C15H19N2O2. The van der Waals surface area contributed by atoms with Gasteiger partial charge in [0.05, 0.1) is 6.21 Å². The first kappa shape index (κ1) is 12.6. The topological polar surface area (TPSA) is 44.7 Å². The molecule has 3 rings (SSSR count). The molecule has 4 nitrogen and oxygen atoms in total. The van der Waals surface area contributed by atoms with E-state index in [0.717, 1.165) is 17.2 Å². The lowest BCUT2D eigenvalue weighted by Crippen LogP contribution is -2.59. The van der Waals surface area contributed by atoms with E-state index in [-0.39, 0.29) is 5.41 Å². The van der Waals surface area contributed by atoms with Gasteiger partial charge in [-0.1, -0.05) is 26.0 Å². The van der Waals surface area contributed by atoms with Gasteiger partial charge in [-0.3, -0.25) is 4.99 Å². The summed E-state index contributed by atoms with van der Waals surface area (Å²) in [5.74, 6) is 0.677. The zero-order valence-electron chi connectivity index (χ0n) is 11.8. The third kappa shape index (κ3) is 1.56. The van der Waals surface area contributed by atoms with Crippen LogP contribution < -0.4 is 4.74 Å². The van der Waals surface area contributed by atoms with Gasteiger partial charge in [0.15, 0.2) is 0 Å². The maximum Gasteiger partial charge on any atom is 0.229 e. The third-order valence-corrected chi connectivity index (χ3v) is 4.21. The fourth-order valence-corrected chi connectivity index (χ4v) is 3.41. The van der Waals surface area contributed by atoms with Gasteiger partial charge in [-0.15, -0.1) is 10.3 Å². The summed E-state index contributed by atoms with van der Waals surface area (Å²) in [4.78, 5) is 4.45. The minimum Gasteiger partial charge on any atom is -0.462 e. The number of hydroxylamine groups is 2. The van der Waals surface area contributed by atoms with Gasteiger partial charge in [-0.05, 0) is 32.4 Å². The second kappa shape index (κ2) is 3.58. The fraction of sp³-hybridized carbons (Fsp3) is 0.533. The van der Waals surface area contributed by atoms with E-state index in [4.69, 9.17) is 4.74 Å². The number of para-hydroxylation sites is 2. The number of aliphatic imine (C=N–C) groups is 1. The first-order valence-corrected chi connectivity index (χ1v) is 6.59. The van der Waals surface area contributed by atoms with Crippen molar-refractivity contribution < 1.29 is 9.94 Å². The third-order valence-electron chi connectivity index (χ3n) is 4.21. The van der Waals surface area contributed by atoms with Crippen LogP contribution in [0, 0.1) is 5.41 Å². The van der Waals surface area contributed by atoms with E-state index in [0.29, 0.717) is 5.75 Å². The Morgan fingerprint density at radius 1 is 1.21 bits per heavy atom. The molecule has 1 radical (unpaired) electrons. The first-order valence-electron chi connectivity index (χ1n) is 6.59. The quantitative estimate of drug-likeness (QED) is 0.717. The van der Waals surface area contributed by atoms with E-state index >= 15 is 0 Å². The second-order valence-corrected chi connectivity index (χ2v) is 6.69. The van der Waals surface area contributed by atoms with Crippen LogP contribution in [0.15, 0.2) is 29.3 Å². The molecule has 2 heterocycles. The van der Waals surface area contributed by atoms with Crippen LogP contribution in [0.4, 0.5) is 5.69 Å². The average Bonchev–Trinajstić information content (AvgIpc) is 2.47. The number of ether oxygens (including phenoxy) is 1. The molecule has 0 bridgehead atoms. The van der Waals surface area contributed by atoms with E-state index < -0.39 is 11.3 Å². The molecule has 1 aromatic rings. The summed E-state index contributed by atoms with van der Waals surface area (Å²) in [6.45, 7) is 8.03. The van der Waals surface area contributed by atoms with E-state index in [1.165, 1.54) is 0 Å². The molecule has 0 aromatic heterocycles. The zero-order valence-corrected chi connectivity index (χ0v) is 11.8. The molecule has 0 saturated carbocycles. The molecule has 0 N–H and O–H groups in total. The smallest absolute Gasteiger partial charge is 0.229 e. The van der Waals surface area contributed by atoms with Crippen LogP contribution in [0.1, 0.15) is 34.1 Å². The highest BCUT2D eigenvalue weighted by Gasteiger charge is 2.64. The molecule has 2 aliphatic heterocycles. The van der Waals surface area contributed by atoms with Gasteiger partial charge in [0.25, 0.3) is 0 Å². The van der Waals surface area contributed by atoms with Crippen LogP contribution in [0.2, 0.25) is 0 Å². The summed E-state index contributed by atoms with van der Waals surface area (Å²) >= 11 is 0. The molecule has 0 unspecified atom stereocenters. The van der Waals surface area contributed by atoms with Crippen molar-refractivity contribution in [1.29, 1.82) is 0 Å². The van der Waals surface area contributed by atoms with Crippen LogP contribution in [0.25, 0.3) is 0 Å². The highest BCUT2D eigenvalue weighted by Crippen LogP contribution is 2.54. The number of hydrogen-bond acceptors (Lipinski definition) is 3. The average molecular weight is 259 g/mol. The van der Waals surface area contributed by atoms with Crippen LogP contribution in [-0.2, 0) is 5.21 Å². The van der Waals surface area contributed by atoms with Gasteiger partial charge in [-0.2, -0.15) is 0 Å². The van der Waals surface area contributed by atoms with Gasteiger partial charge < -0.3 is 4.74 Å². The Bertz CT molecular complexity index is 551. The normalized spacial score (nSPS) is 31.2.